The summed E-state index contributed by atoms with van der Waals surface area (Å²) in [5.74, 6) is 0.0918. The van der Waals surface area contributed by atoms with E-state index in [1.165, 1.54) is 12.1 Å². The summed E-state index contributed by atoms with van der Waals surface area (Å²) in [5.41, 5.74) is 4.98. The van der Waals surface area contributed by atoms with Crippen LogP contribution in [0.4, 0.5) is 20.6 Å². The van der Waals surface area contributed by atoms with Gasteiger partial charge in [-0.15, -0.1) is 0 Å². The number of hydrogen-bond donors (Lipinski definition) is 4. The first-order chi connectivity index (χ1) is 19.4. The van der Waals surface area contributed by atoms with Crippen molar-refractivity contribution in [1.82, 2.24) is 34.9 Å². The van der Waals surface area contributed by atoms with Crippen molar-refractivity contribution in [1.29, 1.82) is 0 Å². The summed E-state index contributed by atoms with van der Waals surface area (Å²) < 4.78 is 22.5. The summed E-state index contributed by atoms with van der Waals surface area (Å²) >= 11 is 0. The number of carbonyl (C=O) groups is 1. The molecule has 0 aliphatic carbocycles. The van der Waals surface area contributed by atoms with Crippen LogP contribution in [0.3, 0.4) is 0 Å². The van der Waals surface area contributed by atoms with Gasteiger partial charge in [-0.05, 0) is 44.2 Å². The van der Waals surface area contributed by atoms with Gasteiger partial charge in [0.1, 0.15) is 23.0 Å². The molecule has 2 aromatic carbocycles. The quantitative estimate of drug-likeness (QED) is 0.187. The molecule has 200 valence electrons. The maximum atomic E-state index is 15.0. The molecule has 0 aliphatic heterocycles. The number of nitrogens with zero attached hydrogens (tertiary/aromatic N) is 5. The summed E-state index contributed by atoms with van der Waals surface area (Å²) in [6.07, 6.45) is 8.32. The molecular weight excluding hydrogens is 513 g/mol. The third-order valence-corrected chi connectivity index (χ3v) is 6.15. The van der Waals surface area contributed by atoms with Crippen molar-refractivity contribution in [2.45, 2.75) is 19.9 Å². The molecule has 0 spiro atoms. The number of aromatic amines is 2. The lowest BCUT2D eigenvalue weighted by atomic mass is 10.1. The van der Waals surface area contributed by atoms with E-state index in [-0.39, 0.29) is 17.5 Å². The SMILES string of the molecule is CC(C)n1cc(NC(=O)Nc2ccc(Oc3ccnc(-c4cn[nH]c4)c3)cc2F)c(-c2ccc3nc[nH]c3c2)n1. The highest BCUT2D eigenvalue weighted by Gasteiger charge is 2.17. The Balaban J connectivity index is 1.18. The number of fused-ring (bicyclic) bond motifs is 1. The van der Waals surface area contributed by atoms with Gasteiger partial charge in [-0.3, -0.25) is 14.8 Å². The zero-order chi connectivity index (χ0) is 27.6. The predicted molar refractivity (Wildman–Crippen MR) is 149 cm³/mol. The minimum absolute atomic E-state index is 0.00431. The fraction of sp³-hybridized carbons (Fsp3) is 0.107. The molecule has 0 aliphatic rings. The molecule has 4 N–H and O–H groups in total. The van der Waals surface area contributed by atoms with Crippen molar-refractivity contribution in [2.24, 2.45) is 0 Å². The Labute approximate surface area is 227 Å². The van der Waals surface area contributed by atoms with Crippen LogP contribution in [0.5, 0.6) is 11.5 Å². The maximum absolute atomic E-state index is 15.0. The average Bonchev–Trinajstić information content (AvgIpc) is 3.71. The molecule has 12 heteroatoms. The minimum atomic E-state index is -0.653. The molecule has 0 fully saturated rings. The molecule has 0 unspecified atom stereocenters. The van der Waals surface area contributed by atoms with Crippen LogP contribution in [-0.4, -0.2) is 41.0 Å². The normalized spacial score (nSPS) is 11.2. The predicted octanol–water partition coefficient (Wildman–Crippen LogP) is 6.37. The fourth-order valence-electron chi connectivity index (χ4n) is 4.14. The second kappa shape index (κ2) is 10.3. The van der Waals surface area contributed by atoms with Gasteiger partial charge in [0.2, 0.25) is 0 Å². The number of imidazole rings is 1. The van der Waals surface area contributed by atoms with Crippen molar-refractivity contribution >= 4 is 28.4 Å². The van der Waals surface area contributed by atoms with E-state index in [0.717, 1.165) is 22.2 Å². The van der Waals surface area contributed by atoms with Gasteiger partial charge >= 0.3 is 6.03 Å². The van der Waals surface area contributed by atoms with Crippen molar-refractivity contribution in [2.75, 3.05) is 10.6 Å². The molecule has 0 saturated heterocycles. The van der Waals surface area contributed by atoms with Gasteiger partial charge in [0.05, 0.1) is 40.6 Å². The number of anilines is 2. The van der Waals surface area contributed by atoms with E-state index in [2.05, 4.69) is 40.9 Å². The maximum Gasteiger partial charge on any atom is 0.323 e. The van der Waals surface area contributed by atoms with Crippen molar-refractivity contribution < 1.29 is 13.9 Å². The molecule has 0 bridgehead atoms. The summed E-state index contributed by atoms with van der Waals surface area (Å²) in [7, 11) is 0. The molecule has 0 radical (unpaired) electrons. The third kappa shape index (κ3) is 5.10. The van der Waals surface area contributed by atoms with Crippen molar-refractivity contribution in [3.8, 4) is 34.0 Å². The second-order valence-corrected chi connectivity index (χ2v) is 9.29. The number of pyridine rings is 1. The first-order valence-corrected chi connectivity index (χ1v) is 12.5. The van der Waals surface area contributed by atoms with E-state index < -0.39 is 11.8 Å². The van der Waals surface area contributed by atoms with E-state index in [0.29, 0.717) is 22.8 Å². The summed E-state index contributed by atoms with van der Waals surface area (Å²) in [4.78, 5) is 24.5. The lowest BCUT2D eigenvalue weighted by Gasteiger charge is -2.11. The molecule has 11 nitrogen and oxygen atoms in total. The fourth-order valence-corrected chi connectivity index (χ4v) is 4.14. The number of rotatable bonds is 7. The standard InChI is InChI=1S/C28H24FN9O2/c1-16(2)38-14-26(27(37-38)17-3-5-23-25(9-17)32-15-31-23)36-28(39)35-22-6-4-19(10-21(22)29)40-20-7-8-30-24(11-20)18-12-33-34-13-18/h3-16H,1-2H3,(H,31,32)(H,33,34)(H2,35,36,39). The number of H-pyrrole nitrogens is 2. The van der Waals surface area contributed by atoms with Crippen LogP contribution < -0.4 is 15.4 Å². The number of amides is 2. The van der Waals surface area contributed by atoms with Crippen LogP contribution >= 0.6 is 0 Å². The third-order valence-electron chi connectivity index (χ3n) is 6.15. The zero-order valence-electron chi connectivity index (χ0n) is 21.5. The van der Waals surface area contributed by atoms with E-state index in [9.17, 15) is 9.18 Å². The van der Waals surface area contributed by atoms with Crippen LogP contribution in [0.15, 0.2) is 79.6 Å². The van der Waals surface area contributed by atoms with Crippen LogP contribution in [-0.2, 0) is 0 Å². The van der Waals surface area contributed by atoms with E-state index in [1.807, 2.05) is 32.0 Å². The second-order valence-electron chi connectivity index (χ2n) is 9.29. The Kier molecular flexibility index (Phi) is 6.40. The molecule has 6 rings (SSSR count). The molecule has 0 saturated carbocycles. The number of hydrogen-bond acceptors (Lipinski definition) is 6. The summed E-state index contributed by atoms with van der Waals surface area (Å²) in [5, 5.41) is 16.7. The largest absolute Gasteiger partial charge is 0.457 e. The van der Waals surface area contributed by atoms with Gasteiger partial charge in [-0.25, -0.2) is 14.2 Å². The number of nitrogens with one attached hydrogen (secondary N) is 4. The number of ether oxygens (including phenoxy) is 1. The first kappa shape index (κ1) is 24.8. The summed E-state index contributed by atoms with van der Waals surface area (Å²) in [6.45, 7) is 3.98. The van der Waals surface area contributed by atoms with Crippen LogP contribution in [0.25, 0.3) is 33.5 Å². The smallest absolute Gasteiger partial charge is 0.323 e. The van der Waals surface area contributed by atoms with Gasteiger partial charge < -0.3 is 20.4 Å². The van der Waals surface area contributed by atoms with Gasteiger partial charge in [-0.1, -0.05) is 6.07 Å². The highest BCUT2D eigenvalue weighted by Crippen LogP contribution is 2.31. The van der Waals surface area contributed by atoms with Crippen LogP contribution in [0, 0.1) is 5.82 Å². The molecule has 2 amide bonds. The molecule has 4 heterocycles. The highest BCUT2D eigenvalue weighted by atomic mass is 19.1. The molecular formula is C28H24FN9O2. The number of urea groups is 1. The van der Waals surface area contributed by atoms with Crippen LogP contribution in [0.2, 0.25) is 0 Å². The topological polar surface area (TPSA) is 138 Å². The highest BCUT2D eigenvalue weighted by molar-refractivity contribution is 6.02. The minimum Gasteiger partial charge on any atom is -0.457 e. The first-order valence-electron chi connectivity index (χ1n) is 12.5. The lowest BCUT2D eigenvalue weighted by Crippen LogP contribution is -2.20. The van der Waals surface area contributed by atoms with Gasteiger partial charge in [-0.2, -0.15) is 10.2 Å². The number of halogens is 1. The Morgan fingerprint density at radius 2 is 1.85 bits per heavy atom. The van der Waals surface area contributed by atoms with Crippen molar-refractivity contribution in [3.05, 3.63) is 85.5 Å². The average molecular weight is 538 g/mol. The Morgan fingerprint density at radius 1 is 1.00 bits per heavy atom. The molecule has 0 atom stereocenters. The van der Waals surface area contributed by atoms with E-state index in [4.69, 9.17) is 4.74 Å². The van der Waals surface area contributed by atoms with Crippen molar-refractivity contribution in [3.63, 3.8) is 0 Å². The zero-order valence-corrected chi connectivity index (χ0v) is 21.5. The molecule has 4 aromatic heterocycles. The van der Waals surface area contributed by atoms with Gasteiger partial charge in [0, 0.05) is 47.9 Å². The monoisotopic (exact) mass is 537 g/mol. The van der Waals surface area contributed by atoms with E-state index in [1.54, 1.807) is 54.0 Å². The van der Waals surface area contributed by atoms with E-state index >= 15 is 0 Å². The number of aromatic nitrogens is 7. The number of carbonyl (C=O) groups excluding carboxylic acids is 1. The van der Waals surface area contributed by atoms with Crippen LogP contribution in [0.1, 0.15) is 19.9 Å². The summed E-state index contributed by atoms with van der Waals surface area (Å²) in [6, 6.07) is 12.7. The lowest BCUT2D eigenvalue weighted by molar-refractivity contribution is 0.262. The Morgan fingerprint density at radius 3 is 2.65 bits per heavy atom. The van der Waals surface area contributed by atoms with Gasteiger partial charge in [0.25, 0.3) is 0 Å². The molecule has 6 aromatic rings. The Hall–Kier alpha value is -5.52. The number of benzene rings is 2. The molecule has 40 heavy (non-hydrogen) atoms. The Bertz CT molecular complexity index is 1810. The van der Waals surface area contributed by atoms with Gasteiger partial charge in [0.15, 0.2) is 0 Å².